The molecule has 1 aromatic carbocycles. The summed E-state index contributed by atoms with van der Waals surface area (Å²) in [6.45, 7) is 0. The Bertz CT molecular complexity index is 944. The molecule has 0 fully saturated rings. The van der Waals surface area contributed by atoms with E-state index in [1.54, 1.807) is 23.7 Å². The molecule has 3 aromatic rings. The Balaban J connectivity index is 1.98. The van der Waals surface area contributed by atoms with E-state index in [9.17, 15) is 18.0 Å². The standard InChI is InChI=1S/C14H11BrF3N5O/c1-22-8-6-4-3-5-7(8)19-13(22)20-12(24)10-9(15)11(14(16,17)18)21-23(10)2/h3-6H,1-2H3,(H,19,20,24). The smallest absolute Gasteiger partial charge is 0.313 e. The van der Waals surface area contributed by atoms with Gasteiger partial charge in [-0.05, 0) is 28.1 Å². The Morgan fingerprint density at radius 2 is 1.92 bits per heavy atom. The predicted octanol–water partition coefficient (Wildman–Crippen LogP) is 3.34. The maximum absolute atomic E-state index is 12.9. The molecule has 0 spiro atoms. The Hall–Kier alpha value is -2.36. The van der Waals surface area contributed by atoms with Crippen LogP contribution in [0.15, 0.2) is 28.7 Å². The Morgan fingerprint density at radius 3 is 2.50 bits per heavy atom. The Labute approximate surface area is 142 Å². The lowest BCUT2D eigenvalue weighted by Gasteiger charge is -2.06. The molecule has 3 rings (SSSR count). The summed E-state index contributed by atoms with van der Waals surface area (Å²) in [5, 5.41) is 5.88. The van der Waals surface area contributed by atoms with Gasteiger partial charge in [0.1, 0.15) is 5.69 Å². The second-order valence-corrected chi connectivity index (χ2v) is 5.86. The number of nitrogens with one attached hydrogen (secondary N) is 1. The van der Waals surface area contributed by atoms with Crippen LogP contribution in [-0.4, -0.2) is 25.2 Å². The highest BCUT2D eigenvalue weighted by Crippen LogP contribution is 2.35. The van der Waals surface area contributed by atoms with E-state index in [1.165, 1.54) is 7.05 Å². The molecule has 0 saturated heterocycles. The van der Waals surface area contributed by atoms with Crippen molar-refractivity contribution < 1.29 is 18.0 Å². The number of rotatable bonds is 2. The first-order chi connectivity index (χ1) is 11.2. The van der Waals surface area contributed by atoms with Crippen LogP contribution in [0.2, 0.25) is 0 Å². The molecule has 0 radical (unpaired) electrons. The van der Waals surface area contributed by atoms with E-state index in [0.717, 1.165) is 10.2 Å². The second-order valence-electron chi connectivity index (χ2n) is 5.07. The quantitative estimate of drug-likeness (QED) is 0.715. The lowest BCUT2D eigenvalue weighted by atomic mass is 10.3. The van der Waals surface area contributed by atoms with Gasteiger partial charge in [-0.15, -0.1) is 0 Å². The van der Waals surface area contributed by atoms with E-state index in [4.69, 9.17) is 0 Å². The molecule has 24 heavy (non-hydrogen) atoms. The molecule has 126 valence electrons. The number of amides is 1. The van der Waals surface area contributed by atoms with Crippen LogP contribution in [0.5, 0.6) is 0 Å². The zero-order valence-electron chi connectivity index (χ0n) is 12.5. The van der Waals surface area contributed by atoms with Crippen molar-refractivity contribution in [2.24, 2.45) is 14.1 Å². The van der Waals surface area contributed by atoms with E-state index in [-0.39, 0.29) is 11.6 Å². The minimum Gasteiger partial charge on any atom is -0.313 e. The average Bonchev–Trinajstić information content (AvgIpc) is 2.97. The molecule has 6 nitrogen and oxygen atoms in total. The van der Waals surface area contributed by atoms with Crippen LogP contribution in [0, 0.1) is 0 Å². The van der Waals surface area contributed by atoms with Gasteiger partial charge in [0, 0.05) is 14.1 Å². The first kappa shape index (κ1) is 16.5. The topological polar surface area (TPSA) is 64.7 Å². The van der Waals surface area contributed by atoms with E-state index < -0.39 is 22.3 Å². The predicted molar refractivity (Wildman–Crippen MR) is 84.6 cm³/mol. The molecule has 10 heteroatoms. The molecule has 2 aromatic heterocycles. The van der Waals surface area contributed by atoms with Crippen LogP contribution < -0.4 is 5.32 Å². The number of hydrogen-bond acceptors (Lipinski definition) is 3. The van der Waals surface area contributed by atoms with Crippen LogP contribution in [0.4, 0.5) is 19.1 Å². The zero-order chi connectivity index (χ0) is 17.6. The molecule has 1 amide bonds. The number of benzene rings is 1. The third-order valence-corrected chi connectivity index (χ3v) is 4.24. The van der Waals surface area contributed by atoms with E-state index in [0.29, 0.717) is 5.52 Å². The van der Waals surface area contributed by atoms with Crippen LogP contribution >= 0.6 is 15.9 Å². The van der Waals surface area contributed by atoms with Crippen molar-refractivity contribution in [1.82, 2.24) is 19.3 Å². The van der Waals surface area contributed by atoms with Gasteiger partial charge in [-0.1, -0.05) is 12.1 Å². The number of anilines is 1. The monoisotopic (exact) mass is 401 g/mol. The summed E-state index contributed by atoms with van der Waals surface area (Å²) in [7, 11) is 2.97. The van der Waals surface area contributed by atoms with Crippen molar-refractivity contribution in [3.8, 4) is 0 Å². The van der Waals surface area contributed by atoms with Gasteiger partial charge in [-0.3, -0.25) is 14.8 Å². The van der Waals surface area contributed by atoms with Crippen LogP contribution in [-0.2, 0) is 20.3 Å². The highest BCUT2D eigenvalue weighted by atomic mass is 79.9. The van der Waals surface area contributed by atoms with Gasteiger partial charge < -0.3 is 4.57 Å². The number of aryl methyl sites for hydroxylation is 2. The van der Waals surface area contributed by atoms with E-state index in [1.807, 2.05) is 12.1 Å². The van der Waals surface area contributed by atoms with Gasteiger partial charge in [0.15, 0.2) is 5.69 Å². The summed E-state index contributed by atoms with van der Waals surface area (Å²) in [5.74, 6) is -0.520. The number of carbonyl (C=O) groups is 1. The summed E-state index contributed by atoms with van der Waals surface area (Å²) in [6.07, 6.45) is -4.66. The fourth-order valence-corrected chi connectivity index (χ4v) is 3.08. The van der Waals surface area contributed by atoms with Crippen LogP contribution in [0.1, 0.15) is 16.2 Å². The normalized spacial score (nSPS) is 11.9. The molecule has 1 N–H and O–H groups in total. The van der Waals surface area contributed by atoms with Gasteiger partial charge in [-0.25, -0.2) is 4.98 Å². The van der Waals surface area contributed by atoms with Crippen LogP contribution in [0.3, 0.4) is 0 Å². The van der Waals surface area contributed by atoms with Gasteiger partial charge in [0.2, 0.25) is 5.95 Å². The molecule has 0 aliphatic rings. The summed E-state index contributed by atoms with van der Waals surface area (Å²) < 4.78 is 40.8. The first-order valence-corrected chi connectivity index (χ1v) is 7.52. The van der Waals surface area contributed by atoms with Crippen molar-refractivity contribution in [2.75, 3.05) is 5.32 Å². The number of hydrogen-bond donors (Lipinski definition) is 1. The molecule has 2 heterocycles. The fourth-order valence-electron chi connectivity index (χ4n) is 2.34. The summed E-state index contributed by atoms with van der Waals surface area (Å²) in [4.78, 5) is 16.7. The van der Waals surface area contributed by atoms with Gasteiger partial charge >= 0.3 is 6.18 Å². The number of nitrogens with zero attached hydrogens (tertiary/aromatic N) is 4. The summed E-state index contributed by atoms with van der Waals surface area (Å²) >= 11 is 2.81. The second kappa shape index (κ2) is 5.62. The number of halogens is 4. The van der Waals surface area contributed by atoms with E-state index in [2.05, 4.69) is 31.3 Å². The fraction of sp³-hybridized carbons (Fsp3) is 0.214. The van der Waals surface area contributed by atoms with Crippen molar-refractivity contribution in [1.29, 1.82) is 0 Å². The number of alkyl halides is 3. The minimum absolute atomic E-state index is 0.225. The highest BCUT2D eigenvalue weighted by molar-refractivity contribution is 9.10. The molecule has 0 atom stereocenters. The molecule has 0 bridgehead atoms. The maximum Gasteiger partial charge on any atom is 0.436 e. The number of aromatic nitrogens is 4. The lowest BCUT2D eigenvalue weighted by Crippen LogP contribution is -2.18. The van der Waals surface area contributed by atoms with Crippen molar-refractivity contribution >= 4 is 38.8 Å². The van der Waals surface area contributed by atoms with Gasteiger partial charge in [0.05, 0.1) is 15.5 Å². The minimum atomic E-state index is -4.66. The highest BCUT2D eigenvalue weighted by Gasteiger charge is 2.39. The molecule has 0 aliphatic heterocycles. The van der Waals surface area contributed by atoms with Crippen LogP contribution in [0.25, 0.3) is 11.0 Å². The molecule has 0 aliphatic carbocycles. The Morgan fingerprint density at radius 1 is 1.25 bits per heavy atom. The van der Waals surface area contributed by atoms with E-state index >= 15 is 0 Å². The summed E-state index contributed by atoms with van der Waals surface area (Å²) in [5.41, 5.74) is 0.0535. The summed E-state index contributed by atoms with van der Waals surface area (Å²) in [6, 6.07) is 7.21. The molecule has 0 unspecified atom stereocenters. The van der Waals surface area contributed by atoms with Gasteiger partial charge in [-0.2, -0.15) is 18.3 Å². The first-order valence-electron chi connectivity index (χ1n) is 6.72. The maximum atomic E-state index is 12.9. The SMILES string of the molecule is Cn1nc(C(F)(F)F)c(Br)c1C(=O)Nc1nc2ccccc2n1C. The van der Waals surface area contributed by atoms with Crippen molar-refractivity contribution in [3.63, 3.8) is 0 Å². The van der Waals surface area contributed by atoms with Crippen molar-refractivity contribution in [2.45, 2.75) is 6.18 Å². The molecular weight excluding hydrogens is 391 g/mol. The van der Waals surface area contributed by atoms with Crippen molar-refractivity contribution in [3.05, 3.63) is 40.1 Å². The lowest BCUT2D eigenvalue weighted by molar-refractivity contribution is -0.142. The third kappa shape index (κ3) is 2.66. The number of fused-ring (bicyclic) bond motifs is 1. The average molecular weight is 402 g/mol. The number of para-hydroxylation sites is 2. The largest absolute Gasteiger partial charge is 0.436 e. The third-order valence-electron chi connectivity index (χ3n) is 3.49. The molecule has 0 saturated carbocycles. The number of imidazole rings is 1. The number of carbonyl (C=O) groups excluding carboxylic acids is 1. The molecular formula is C14H11BrF3N5O. The van der Waals surface area contributed by atoms with Gasteiger partial charge in [0.25, 0.3) is 5.91 Å². The zero-order valence-corrected chi connectivity index (χ0v) is 14.1. The Kier molecular flexibility index (Phi) is 3.86.